The Kier molecular flexibility index (Phi) is 6.57. The van der Waals surface area contributed by atoms with E-state index in [1.54, 1.807) is 13.3 Å². The van der Waals surface area contributed by atoms with Gasteiger partial charge in [0.1, 0.15) is 5.75 Å². The summed E-state index contributed by atoms with van der Waals surface area (Å²) < 4.78 is 16.7. The summed E-state index contributed by atoms with van der Waals surface area (Å²) in [6.07, 6.45) is 3.00. The Hall–Kier alpha value is -3.27. The molecule has 1 fully saturated rings. The van der Waals surface area contributed by atoms with Gasteiger partial charge in [-0.1, -0.05) is 12.1 Å². The minimum absolute atomic E-state index is 0.0181. The smallest absolute Gasteiger partial charge is 0.263 e. The third-order valence-corrected chi connectivity index (χ3v) is 6.30. The minimum Gasteiger partial charge on any atom is -0.495 e. The number of ether oxygens (including phenoxy) is 3. The number of hydrogen-bond acceptors (Lipinski definition) is 8. The van der Waals surface area contributed by atoms with E-state index >= 15 is 0 Å². The van der Waals surface area contributed by atoms with Crippen LogP contribution in [0.15, 0.2) is 42.6 Å². The molecule has 2 aromatic heterocycles. The number of pyridine rings is 2. The molecule has 0 aliphatic carbocycles. The Balaban J connectivity index is 1.14. The summed E-state index contributed by atoms with van der Waals surface area (Å²) in [5.41, 5.74) is 2.71. The van der Waals surface area contributed by atoms with E-state index in [9.17, 15) is 9.90 Å². The number of anilines is 1. The first-order valence-corrected chi connectivity index (χ1v) is 11.5. The second-order valence-corrected chi connectivity index (χ2v) is 8.64. The molecular formula is C25H28N4O5. The van der Waals surface area contributed by atoms with Gasteiger partial charge in [-0.2, -0.15) is 0 Å². The zero-order chi connectivity index (χ0) is 23.5. The summed E-state index contributed by atoms with van der Waals surface area (Å²) in [5, 5.41) is 18.1. The molecule has 0 radical (unpaired) electrons. The second-order valence-electron chi connectivity index (χ2n) is 8.64. The lowest BCUT2D eigenvalue weighted by atomic mass is 9.95. The number of aliphatic hydroxyl groups excluding tert-OH is 1. The lowest BCUT2D eigenvalue weighted by Gasteiger charge is -2.32. The number of aromatic nitrogens is 2. The number of amides is 1. The van der Waals surface area contributed by atoms with E-state index < -0.39 is 6.10 Å². The van der Waals surface area contributed by atoms with E-state index in [-0.39, 0.29) is 24.7 Å². The zero-order valence-electron chi connectivity index (χ0n) is 19.0. The fourth-order valence-corrected chi connectivity index (χ4v) is 4.43. The van der Waals surface area contributed by atoms with Gasteiger partial charge in [0.2, 0.25) is 0 Å². The van der Waals surface area contributed by atoms with Crippen molar-refractivity contribution in [2.75, 3.05) is 25.6 Å². The van der Waals surface area contributed by atoms with Crippen molar-refractivity contribution < 1.29 is 24.1 Å². The number of carbonyl (C=O) groups is 1. The SMILES string of the molecule is COc1cnc2cccc(C[C@H](O)[C@@H]3CC[C@@H](NCc4ccc5c(n4)NC(=O)CO5)CO3)c2c1. The largest absolute Gasteiger partial charge is 0.495 e. The standard InChI is InChI=1S/C25H28N4O5/c1-32-18-10-19-15(3-2-4-20(19)27-12-18)9-21(30)22-7-6-17(13-33-22)26-11-16-5-8-23-25(28-16)29-24(31)14-34-23/h2-5,8,10,12,17,21-22,26,30H,6-7,9,11,13-14H2,1H3,(H,28,29,31)/t17-,21+,22+/m1/s1. The molecule has 9 nitrogen and oxygen atoms in total. The third-order valence-electron chi connectivity index (χ3n) is 6.30. The van der Waals surface area contributed by atoms with Crippen LogP contribution in [0.25, 0.3) is 10.9 Å². The predicted molar refractivity (Wildman–Crippen MR) is 126 cm³/mol. The van der Waals surface area contributed by atoms with Gasteiger partial charge in [-0.15, -0.1) is 0 Å². The van der Waals surface area contributed by atoms with Crippen LogP contribution in [0, 0.1) is 0 Å². The second kappa shape index (κ2) is 9.92. The van der Waals surface area contributed by atoms with Gasteiger partial charge in [-0.25, -0.2) is 4.98 Å². The molecule has 9 heteroatoms. The van der Waals surface area contributed by atoms with Crippen LogP contribution in [0.5, 0.6) is 11.5 Å². The molecule has 5 rings (SSSR count). The van der Waals surface area contributed by atoms with Crippen molar-refractivity contribution in [3.63, 3.8) is 0 Å². The average Bonchev–Trinajstić information content (AvgIpc) is 2.87. The molecule has 1 amide bonds. The van der Waals surface area contributed by atoms with Crippen molar-refractivity contribution in [2.24, 2.45) is 0 Å². The van der Waals surface area contributed by atoms with E-state index in [1.807, 2.05) is 36.4 Å². The van der Waals surface area contributed by atoms with E-state index in [0.717, 1.165) is 35.0 Å². The van der Waals surface area contributed by atoms with Crippen LogP contribution in [0.2, 0.25) is 0 Å². The van der Waals surface area contributed by atoms with Gasteiger partial charge in [-0.3, -0.25) is 9.78 Å². The molecule has 0 unspecified atom stereocenters. The molecule has 1 aromatic carbocycles. The van der Waals surface area contributed by atoms with Crippen molar-refractivity contribution >= 4 is 22.6 Å². The summed E-state index contributed by atoms with van der Waals surface area (Å²) >= 11 is 0. The van der Waals surface area contributed by atoms with Crippen molar-refractivity contribution in [3.8, 4) is 11.5 Å². The fourth-order valence-electron chi connectivity index (χ4n) is 4.43. The molecule has 2 aliphatic heterocycles. The zero-order valence-corrected chi connectivity index (χ0v) is 19.0. The minimum atomic E-state index is -0.608. The number of benzene rings is 1. The van der Waals surface area contributed by atoms with Crippen molar-refractivity contribution in [1.82, 2.24) is 15.3 Å². The maximum Gasteiger partial charge on any atom is 0.263 e. The summed E-state index contributed by atoms with van der Waals surface area (Å²) in [6.45, 7) is 1.08. The number of nitrogens with zero attached hydrogens (tertiary/aromatic N) is 2. The van der Waals surface area contributed by atoms with Crippen LogP contribution >= 0.6 is 0 Å². The monoisotopic (exact) mass is 464 g/mol. The Morgan fingerprint density at radius 1 is 1.29 bits per heavy atom. The van der Waals surface area contributed by atoms with Gasteiger partial charge in [-0.05, 0) is 42.7 Å². The first-order valence-electron chi connectivity index (χ1n) is 11.5. The van der Waals surface area contributed by atoms with Gasteiger partial charge in [0.25, 0.3) is 5.91 Å². The molecule has 1 saturated heterocycles. The van der Waals surface area contributed by atoms with Gasteiger partial charge < -0.3 is 30.0 Å². The Bertz CT molecular complexity index is 1180. The topological polar surface area (TPSA) is 115 Å². The van der Waals surface area contributed by atoms with Gasteiger partial charge >= 0.3 is 0 Å². The third kappa shape index (κ3) is 4.96. The molecule has 3 N–H and O–H groups in total. The lowest BCUT2D eigenvalue weighted by molar-refractivity contribution is -0.118. The molecule has 178 valence electrons. The van der Waals surface area contributed by atoms with Crippen LogP contribution in [-0.4, -0.2) is 59.6 Å². The summed E-state index contributed by atoms with van der Waals surface area (Å²) in [5.74, 6) is 1.54. The number of rotatable bonds is 7. The number of fused-ring (bicyclic) bond motifs is 2. The van der Waals surface area contributed by atoms with Crippen LogP contribution < -0.4 is 20.1 Å². The molecular weight excluding hydrogens is 436 g/mol. The number of hydrogen-bond donors (Lipinski definition) is 3. The molecule has 0 spiro atoms. The number of methoxy groups -OCH3 is 1. The fraction of sp³-hybridized carbons (Fsp3) is 0.400. The highest BCUT2D eigenvalue weighted by molar-refractivity contribution is 5.94. The molecule has 2 aliphatic rings. The molecule has 34 heavy (non-hydrogen) atoms. The quantitative estimate of drug-likeness (QED) is 0.488. The van der Waals surface area contributed by atoms with Crippen molar-refractivity contribution in [2.45, 2.75) is 44.1 Å². The molecule has 3 aromatic rings. The first kappa shape index (κ1) is 22.5. The number of nitrogens with one attached hydrogen (secondary N) is 2. The Labute approximate surface area is 197 Å². The Morgan fingerprint density at radius 3 is 3.03 bits per heavy atom. The van der Waals surface area contributed by atoms with Gasteiger partial charge in [0.05, 0.1) is 43.3 Å². The number of carbonyl (C=O) groups excluding carboxylic acids is 1. The van der Waals surface area contributed by atoms with Crippen LogP contribution in [0.1, 0.15) is 24.1 Å². The summed E-state index contributed by atoms with van der Waals surface area (Å²) in [6, 6.07) is 11.7. The van der Waals surface area contributed by atoms with E-state index in [2.05, 4.69) is 20.6 Å². The van der Waals surface area contributed by atoms with Crippen molar-refractivity contribution in [1.29, 1.82) is 0 Å². The van der Waals surface area contributed by atoms with Crippen molar-refractivity contribution in [3.05, 3.63) is 53.9 Å². The molecule has 4 heterocycles. The van der Waals surface area contributed by atoms with Gasteiger partial charge in [0.15, 0.2) is 18.2 Å². The maximum absolute atomic E-state index is 11.5. The van der Waals surface area contributed by atoms with E-state index in [1.165, 1.54) is 0 Å². The first-order chi connectivity index (χ1) is 16.6. The van der Waals surface area contributed by atoms with E-state index in [0.29, 0.717) is 36.9 Å². The van der Waals surface area contributed by atoms with E-state index in [4.69, 9.17) is 14.2 Å². The highest BCUT2D eigenvalue weighted by atomic mass is 16.5. The van der Waals surface area contributed by atoms with Gasteiger partial charge in [0, 0.05) is 24.4 Å². The summed E-state index contributed by atoms with van der Waals surface area (Å²) in [4.78, 5) is 20.4. The number of aliphatic hydroxyl groups is 1. The Morgan fingerprint density at radius 2 is 2.21 bits per heavy atom. The predicted octanol–water partition coefficient (Wildman–Crippen LogP) is 2.21. The van der Waals surface area contributed by atoms with Crippen LogP contribution in [-0.2, 0) is 22.5 Å². The maximum atomic E-state index is 11.5. The average molecular weight is 465 g/mol. The van der Waals surface area contributed by atoms with Crippen LogP contribution in [0.4, 0.5) is 5.82 Å². The lowest BCUT2D eigenvalue weighted by Crippen LogP contribution is -2.44. The molecule has 3 atom stereocenters. The summed E-state index contributed by atoms with van der Waals surface area (Å²) in [7, 11) is 1.62. The normalized spacial score (nSPS) is 20.8. The molecule has 0 bridgehead atoms. The molecule has 0 saturated carbocycles. The van der Waals surface area contributed by atoms with Crippen LogP contribution in [0.3, 0.4) is 0 Å². The highest BCUT2D eigenvalue weighted by Gasteiger charge is 2.28. The highest BCUT2D eigenvalue weighted by Crippen LogP contribution is 2.27.